The zero-order valence-corrected chi connectivity index (χ0v) is 14.4. The summed E-state index contributed by atoms with van der Waals surface area (Å²) in [6, 6.07) is 6.85. The zero-order chi connectivity index (χ0) is 18.1. The first-order chi connectivity index (χ1) is 12.6. The van der Waals surface area contributed by atoms with Gasteiger partial charge in [-0.2, -0.15) is 9.50 Å². The van der Waals surface area contributed by atoms with Gasteiger partial charge in [-0.15, -0.1) is 5.10 Å². The van der Waals surface area contributed by atoms with Crippen molar-refractivity contribution in [3.05, 3.63) is 69.6 Å². The van der Waals surface area contributed by atoms with Crippen LogP contribution in [0.15, 0.2) is 47.8 Å². The van der Waals surface area contributed by atoms with Crippen LogP contribution in [0, 0.1) is 6.92 Å². The summed E-state index contributed by atoms with van der Waals surface area (Å²) < 4.78 is 6.96. The number of hydrogen-bond acceptors (Lipinski definition) is 6. The maximum absolute atomic E-state index is 12.3. The molecule has 0 bridgehead atoms. The Hall–Kier alpha value is -3.26. The summed E-state index contributed by atoms with van der Waals surface area (Å²) in [5.41, 5.74) is 1.73. The first-order valence-electron chi connectivity index (χ1n) is 7.74. The van der Waals surface area contributed by atoms with E-state index in [1.165, 1.54) is 16.9 Å². The second kappa shape index (κ2) is 6.57. The van der Waals surface area contributed by atoms with Crippen molar-refractivity contribution in [3.8, 4) is 17.1 Å². The number of nitrogens with zero attached hydrogens (tertiary/aromatic N) is 5. The molecule has 0 fully saturated rings. The molecule has 1 N–H and O–H groups in total. The number of rotatable bonds is 4. The largest absolute Gasteiger partial charge is 0.487 e. The minimum Gasteiger partial charge on any atom is -0.487 e. The molecule has 9 heteroatoms. The Bertz CT molecular complexity index is 1140. The van der Waals surface area contributed by atoms with Gasteiger partial charge in [0.2, 0.25) is 5.78 Å². The molecule has 0 radical (unpaired) electrons. The number of fused-ring (bicyclic) bond motifs is 1. The zero-order valence-electron chi connectivity index (χ0n) is 13.7. The fraction of sp³-hybridized carbons (Fsp3) is 0.118. The van der Waals surface area contributed by atoms with Gasteiger partial charge in [0.1, 0.15) is 18.7 Å². The number of ether oxygens (including phenoxy) is 1. The summed E-state index contributed by atoms with van der Waals surface area (Å²) in [4.78, 5) is 27.6. The highest BCUT2D eigenvalue weighted by Gasteiger charge is 2.11. The molecule has 1 aromatic carbocycles. The van der Waals surface area contributed by atoms with Crippen molar-refractivity contribution in [3.63, 3.8) is 0 Å². The molecule has 3 heterocycles. The van der Waals surface area contributed by atoms with E-state index in [1.54, 1.807) is 18.5 Å². The molecule has 0 aliphatic heterocycles. The van der Waals surface area contributed by atoms with Crippen LogP contribution < -0.4 is 10.3 Å². The monoisotopic (exact) mass is 368 g/mol. The Morgan fingerprint density at radius 1 is 1.27 bits per heavy atom. The lowest BCUT2D eigenvalue weighted by Crippen LogP contribution is -2.16. The molecule has 4 aromatic rings. The fourth-order valence-electron chi connectivity index (χ4n) is 2.45. The molecule has 0 amide bonds. The molecule has 0 aliphatic rings. The van der Waals surface area contributed by atoms with Crippen molar-refractivity contribution < 1.29 is 4.74 Å². The quantitative estimate of drug-likeness (QED) is 0.594. The van der Waals surface area contributed by atoms with Crippen molar-refractivity contribution in [2.24, 2.45) is 0 Å². The third kappa shape index (κ3) is 3.02. The lowest BCUT2D eigenvalue weighted by molar-refractivity contribution is 0.299. The number of aromatic nitrogens is 6. The molecule has 0 unspecified atom stereocenters. The average Bonchev–Trinajstić information content (AvgIpc) is 3.08. The molecule has 0 saturated carbocycles. The van der Waals surface area contributed by atoms with E-state index < -0.39 is 0 Å². The van der Waals surface area contributed by atoms with E-state index in [1.807, 2.05) is 19.1 Å². The minimum atomic E-state index is -0.309. The topological polar surface area (TPSA) is 98.1 Å². The number of nitrogens with one attached hydrogen (secondary N) is 1. The normalized spacial score (nSPS) is 11.0. The molecule has 130 valence electrons. The summed E-state index contributed by atoms with van der Waals surface area (Å²) in [5.74, 6) is 1.34. The molecule has 0 atom stereocenters. The van der Waals surface area contributed by atoms with Crippen LogP contribution in [0.4, 0.5) is 0 Å². The van der Waals surface area contributed by atoms with Crippen molar-refractivity contribution in [1.29, 1.82) is 0 Å². The highest BCUT2D eigenvalue weighted by molar-refractivity contribution is 6.31. The summed E-state index contributed by atoms with van der Waals surface area (Å²) in [7, 11) is 0. The molecule has 3 aromatic heterocycles. The second-order valence-electron chi connectivity index (χ2n) is 5.58. The van der Waals surface area contributed by atoms with Crippen LogP contribution in [0.5, 0.6) is 5.75 Å². The van der Waals surface area contributed by atoms with Crippen molar-refractivity contribution in [2.75, 3.05) is 0 Å². The van der Waals surface area contributed by atoms with Crippen LogP contribution in [0.3, 0.4) is 0 Å². The maximum atomic E-state index is 12.3. The maximum Gasteiger partial charge on any atom is 0.276 e. The molecule has 4 rings (SSSR count). The number of benzene rings is 1. The third-order valence-corrected chi connectivity index (χ3v) is 4.22. The third-order valence-electron chi connectivity index (χ3n) is 3.81. The van der Waals surface area contributed by atoms with Crippen LogP contribution in [-0.4, -0.2) is 29.5 Å². The Balaban J connectivity index is 1.65. The minimum absolute atomic E-state index is 0.170. The van der Waals surface area contributed by atoms with E-state index in [0.29, 0.717) is 33.6 Å². The molecule has 0 aliphatic carbocycles. The lowest BCUT2D eigenvalue weighted by Gasteiger charge is -2.09. The summed E-state index contributed by atoms with van der Waals surface area (Å²) in [6.07, 6.45) is 4.58. The number of hydrogen-bond donors (Lipinski definition) is 1. The standard InChI is InChI=1S/C17H13ClN6O2/c1-10-13(18)3-2-4-14(10)26-8-12-5-15(25)24-17(21-12)22-16(23-24)11-6-19-9-20-7-11/h2-7,9H,8H2,1H3,(H,21,22,23). The van der Waals surface area contributed by atoms with Gasteiger partial charge in [0.05, 0.1) is 11.3 Å². The lowest BCUT2D eigenvalue weighted by atomic mass is 10.2. The van der Waals surface area contributed by atoms with Gasteiger partial charge in [0.15, 0.2) is 5.82 Å². The van der Waals surface area contributed by atoms with Gasteiger partial charge >= 0.3 is 0 Å². The Morgan fingerprint density at radius 3 is 2.88 bits per heavy atom. The van der Waals surface area contributed by atoms with Crippen LogP contribution in [0.2, 0.25) is 5.02 Å². The van der Waals surface area contributed by atoms with Gasteiger partial charge in [-0.05, 0) is 19.1 Å². The van der Waals surface area contributed by atoms with Gasteiger partial charge in [-0.25, -0.2) is 9.97 Å². The van der Waals surface area contributed by atoms with Crippen LogP contribution in [0.25, 0.3) is 17.2 Å². The molecular formula is C17H13ClN6O2. The molecule has 8 nitrogen and oxygen atoms in total. The first kappa shape index (κ1) is 16.2. The summed E-state index contributed by atoms with van der Waals surface area (Å²) >= 11 is 6.09. The molecule has 0 saturated heterocycles. The average molecular weight is 369 g/mol. The Kier molecular flexibility index (Phi) is 4.10. The van der Waals surface area contributed by atoms with Crippen LogP contribution in [-0.2, 0) is 6.61 Å². The molecular weight excluding hydrogens is 356 g/mol. The predicted octanol–water partition coefficient (Wildman–Crippen LogP) is 2.42. The number of halogens is 1. The Morgan fingerprint density at radius 2 is 2.08 bits per heavy atom. The predicted molar refractivity (Wildman–Crippen MR) is 95.2 cm³/mol. The highest BCUT2D eigenvalue weighted by Crippen LogP contribution is 2.25. The van der Waals surface area contributed by atoms with Gasteiger partial charge in [0, 0.05) is 29.0 Å². The van der Waals surface area contributed by atoms with Crippen molar-refractivity contribution in [1.82, 2.24) is 29.5 Å². The van der Waals surface area contributed by atoms with E-state index in [0.717, 1.165) is 5.56 Å². The molecule has 0 spiro atoms. The second-order valence-corrected chi connectivity index (χ2v) is 5.99. The van der Waals surface area contributed by atoms with Crippen LogP contribution in [0.1, 0.15) is 11.3 Å². The van der Waals surface area contributed by atoms with Gasteiger partial charge in [0.25, 0.3) is 5.56 Å². The SMILES string of the molecule is Cc1c(Cl)cccc1OCc1cc(=O)n2nc(-c3cncnc3)nc2[nH]1. The van der Waals surface area contributed by atoms with Gasteiger partial charge in [-0.1, -0.05) is 17.7 Å². The van der Waals surface area contributed by atoms with E-state index in [-0.39, 0.29) is 12.2 Å². The van der Waals surface area contributed by atoms with E-state index in [2.05, 4.69) is 25.0 Å². The summed E-state index contributed by atoms with van der Waals surface area (Å²) in [5, 5.41) is 4.81. The first-order valence-corrected chi connectivity index (χ1v) is 8.12. The van der Waals surface area contributed by atoms with Crippen molar-refractivity contribution >= 4 is 17.4 Å². The number of aromatic amines is 1. The summed E-state index contributed by atoms with van der Waals surface area (Å²) in [6.45, 7) is 2.04. The highest BCUT2D eigenvalue weighted by atomic mass is 35.5. The smallest absolute Gasteiger partial charge is 0.276 e. The Labute approximate surface area is 152 Å². The van der Waals surface area contributed by atoms with Crippen molar-refractivity contribution in [2.45, 2.75) is 13.5 Å². The van der Waals surface area contributed by atoms with E-state index in [9.17, 15) is 4.79 Å². The van der Waals surface area contributed by atoms with Crippen LogP contribution >= 0.6 is 11.6 Å². The van der Waals surface area contributed by atoms with E-state index in [4.69, 9.17) is 16.3 Å². The number of H-pyrrole nitrogens is 1. The van der Waals surface area contributed by atoms with Gasteiger partial charge in [-0.3, -0.25) is 4.79 Å². The van der Waals surface area contributed by atoms with Gasteiger partial charge < -0.3 is 9.72 Å². The fourth-order valence-corrected chi connectivity index (χ4v) is 2.62. The molecule has 26 heavy (non-hydrogen) atoms. The van der Waals surface area contributed by atoms with E-state index >= 15 is 0 Å².